The highest BCUT2D eigenvalue weighted by Crippen LogP contribution is 2.22. The van der Waals surface area contributed by atoms with Crippen LogP contribution in [0, 0.1) is 11.3 Å². The minimum Gasteiger partial charge on any atom is -0.439 e. The number of rotatable bonds is 6. The van der Waals surface area contributed by atoms with Gasteiger partial charge in [0.05, 0.1) is 6.54 Å². The third-order valence-corrected chi connectivity index (χ3v) is 4.53. The molecule has 0 atom stereocenters. The van der Waals surface area contributed by atoms with Crippen molar-refractivity contribution in [3.05, 3.63) is 99.6 Å². The molecule has 8 nitrogen and oxygen atoms in total. The van der Waals surface area contributed by atoms with Crippen LogP contribution < -0.4 is 15.6 Å². The van der Waals surface area contributed by atoms with E-state index in [4.69, 9.17) is 21.6 Å². The largest absolute Gasteiger partial charge is 0.439 e. The maximum atomic E-state index is 12.7. The number of anilines is 2. The predicted molar refractivity (Wildman–Crippen MR) is 127 cm³/mol. The van der Waals surface area contributed by atoms with Crippen molar-refractivity contribution in [3.63, 3.8) is 0 Å². The van der Waals surface area contributed by atoms with Gasteiger partial charge in [-0.25, -0.2) is 4.98 Å². The van der Waals surface area contributed by atoms with Crippen molar-refractivity contribution < 1.29 is 4.74 Å². The van der Waals surface area contributed by atoms with E-state index in [9.17, 15) is 4.79 Å². The zero-order chi connectivity index (χ0) is 23.6. The molecule has 4 aromatic rings. The molecule has 0 fully saturated rings. The van der Waals surface area contributed by atoms with Crippen molar-refractivity contribution in [1.82, 2.24) is 19.7 Å². The fraction of sp³-hybridized carbons (Fsp3) is 0.125. The third-order valence-electron chi connectivity index (χ3n) is 4.28. The number of hydrogen-bond acceptors (Lipinski definition) is 7. The summed E-state index contributed by atoms with van der Waals surface area (Å²) in [6.45, 7) is 4.20. The van der Waals surface area contributed by atoms with Gasteiger partial charge in [0.1, 0.15) is 11.8 Å². The van der Waals surface area contributed by atoms with E-state index in [1.807, 2.05) is 26.0 Å². The van der Waals surface area contributed by atoms with Crippen LogP contribution in [0.3, 0.4) is 0 Å². The van der Waals surface area contributed by atoms with E-state index in [-0.39, 0.29) is 18.2 Å². The summed E-state index contributed by atoms with van der Waals surface area (Å²) in [7, 11) is 0. The zero-order valence-corrected chi connectivity index (χ0v) is 18.8. The van der Waals surface area contributed by atoms with Gasteiger partial charge in [-0.2, -0.15) is 5.26 Å². The van der Waals surface area contributed by atoms with Crippen LogP contribution in [0.25, 0.3) is 0 Å². The number of nitrogens with zero attached hydrogens (tertiary/aromatic N) is 5. The van der Waals surface area contributed by atoms with E-state index in [1.54, 1.807) is 66.9 Å². The summed E-state index contributed by atoms with van der Waals surface area (Å²) in [6.07, 6.45) is 1.65. The van der Waals surface area contributed by atoms with Gasteiger partial charge >= 0.3 is 0 Å². The first-order valence-electron chi connectivity index (χ1n) is 10.2. The van der Waals surface area contributed by atoms with Crippen LogP contribution in [0.1, 0.15) is 25.1 Å². The lowest BCUT2D eigenvalue weighted by molar-refractivity contribution is 0.463. The Labute approximate surface area is 196 Å². The number of ether oxygens (including phenoxy) is 1. The van der Waals surface area contributed by atoms with E-state index in [1.165, 1.54) is 4.57 Å². The molecular formula is C24H21ClN6O2. The molecule has 0 saturated heterocycles. The highest BCUT2D eigenvalue weighted by Gasteiger charge is 2.13. The van der Waals surface area contributed by atoms with E-state index in [0.717, 1.165) is 5.56 Å². The Kier molecular flexibility index (Phi) is 8.11. The minimum absolute atomic E-state index is 0.198. The van der Waals surface area contributed by atoms with Crippen molar-refractivity contribution >= 4 is 23.2 Å². The van der Waals surface area contributed by atoms with Crippen LogP contribution in [0.15, 0.2) is 77.7 Å². The molecule has 2 aromatic carbocycles. The summed E-state index contributed by atoms with van der Waals surface area (Å²) >= 11 is 5.94. The fourth-order valence-corrected chi connectivity index (χ4v) is 2.89. The second-order valence-electron chi connectivity index (χ2n) is 6.42. The number of pyridine rings is 1. The average molecular weight is 461 g/mol. The van der Waals surface area contributed by atoms with Crippen LogP contribution in [-0.2, 0) is 6.54 Å². The first-order valence-corrected chi connectivity index (χ1v) is 10.6. The smallest absolute Gasteiger partial charge is 0.292 e. The molecule has 4 rings (SSSR count). The third kappa shape index (κ3) is 6.15. The summed E-state index contributed by atoms with van der Waals surface area (Å²) < 4.78 is 7.03. The predicted octanol–water partition coefficient (Wildman–Crippen LogP) is 5.17. The normalized spacial score (nSPS) is 9.88. The maximum Gasteiger partial charge on any atom is 0.292 e. The minimum atomic E-state index is -0.537. The van der Waals surface area contributed by atoms with E-state index < -0.39 is 5.56 Å². The second-order valence-corrected chi connectivity index (χ2v) is 6.86. The van der Waals surface area contributed by atoms with E-state index in [2.05, 4.69) is 20.5 Å². The van der Waals surface area contributed by atoms with Gasteiger partial charge in [-0.1, -0.05) is 43.6 Å². The molecule has 0 aliphatic carbocycles. The fourth-order valence-electron chi connectivity index (χ4n) is 2.76. The number of halogens is 1. The van der Waals surface area contributed by atoms with Gasteiger partial charge in [0.25, 0.3) is 5.56 Å². The van der Waals surface area contributed by atoms with E-state index >= 15 is 0 Å². The molecule has 9 heteroatoms. The van der Waals surface area contributed by atoms with Gasteiger partial charge in [0, 0.05) is 23.0 Å². The van der Waals surface area contributed by atoms with Crippen molar-refractivity contribution in [2.24, 2.45) is 0 Å². The van der Waals surface area contributed by atoms with Gasteiger partial charge in [0.15, 0.2) is 0 Å². The summed E-state index contributed by atoms with van der Waals surface area (Å²) in [4.78, 5) is 16.8. The molecular weight excluding hydrogens is 440 g/mol. The first-order chi connectivity index (χ1) is 16.1. The molecule has 2 aromatic heterocycles. The van der Waals surface area contributed by atoms with Gasteiger partial charge < -0.3 is 10.1 Å². The zero-order valence-electron chi connectivity index (χ0n) is 18.1. The average Bonchev–Trinajstić information content (AvgIpc) is 2.86. The highest BCUT2D eigenvalue weighted by molar-refractivity contribution is 6.30. The van der Waals surface area contributed by atoms with Gasteiger partial charge in [-0.15, -0.1) is 10.2 Å². The van der Waals surface area contributed by atoms with Crippen molar-refractivity contribution in [1.29, 1.82) is 5.26 Å². The molecule has 0 amide bonds. The topological polar surface area (TPSA) is 106 Å². The van der Waals surface area contributed by atoms with Gasteiger partial charge in [-0.05, 0) is 48.0 Å². The van der Waals surface area contributed by atoms with Crippen molar-refractivity contribution in [2.45, 2.75) is 20.4 Å². The Morgan fingerprint density at radius 2 is 1.76 bits per heavy atom. The molecule has 2 heterocycles. The molecule has 0 aliphatic rings. The number of nitriles is 1. The molecule has 0 unspecified atom stereocenters. The number of hydrogen-bond donors (Lipinski definition) is 1. The van der Waals surface area contributed by atoms with Crippen LogP contribution in [0.2, 0.25) is 5.02 Å². The monoisotopic (exact) mass is 460 g/mol. The molecule has 0 saturated carbocycles. The van der Waals surface area contributed by atoms with E-state index in [0.29, 0.717) is 22.3 Å². The Hall–Kier alpha value is -4.22. The summed E-state index contributed by atoms with van der Waals surface area (Å²) in [5.41, 5.74) is 0.672. The van der Waals surface area contributed by atoms with Crippen LogP contribution in [0.4, 0.5) is 11.6 Å². The standard InChI is InChI=1S/C22H15ClN6O2.C2H6/c23-16-6-4-15(5-7-16)14-29-21(30)19(13-24)27-28-22(29)26-17-8-10-18(11-9-17)31-20-3-1-2-12-25-20;1-2/h1-12H,14H2,(H,26,28);1-2H3. The van der Waals surface area contributed by atoms with Crippen LogP contribution in [-0.4, -0.2) is 19.7 Å². The second kappa shape index (κ2) is 11.4. The Morgan fingerprint density at radius 1 is 1.03 bits per heavy atom. The number of nitrogens with one attached hydrogen (secondary N) is 1. The maximum absolute atomic E-state index is 12.7. The lowest BCUT2D eigenvalue weighted by Gasteiger charge is -2.13. The summed E-state index contributed by atoms with van der Waals surface area (Å²) in [6, 6.07) is 21.3. The van der Waals surface area contributed by atoms with Crippen LogP contribution >= 0.6 is 11.6 Å². The SMILES string of the molecule is CC.N#Cc1nnc(Nc2ccc(Oc3ccccn3)cc2)n(Cc2ccc(Cl)cc2)c1=O. The molecule has 166 valence electrons. The quantitative estimate of drug-likeness (QED) is 0.423. The molecule has 0 spiro atoms. The summed E-state index contributed by atoms with van der Waals surface area (Å²) in [5, 5.41) is 20.6. The Bertz CT molecular complexity index is 1280. The lowest BCUT2D eigenvalue weighted by Crippen LogP contribution is -2.28. The molecule has 0 radical (unpaired) electrons. The van der Waals surface area contributed by atoms with Crippen molar-refractivity contribution in [2.75, 3.05) is 5.32 Å². The molecule has 0 bridgehead atoms. The summed E-state index contributed by atoms with van der Waals surface area (Å²) in [5.74, 6) is 1.30. The van der Waals surface area contributed by atoms with Gasteiger partial charge in [0.2, 0.25) is 17.5 Å². The molecule has 1 N–H and O–H groups in total. The molecule has 0 aliphatic heterocycles. The van der Waals surface area contributed by atoms with Crippen LogP contribution in [0.5, 0.6) is 11.6 Å². The van der Waals surface area contributed by atoms with Gasteiger partial charge in [-0.3, -0.25) is 9.36 Å². The number of benzene rings is 2. The highest BCUT2D eigenvalue weighted by atomic mass is 35.5. The number of aromatic nitrogens is 4. The Balaban J connectivity index is 0.00000149. The molecule has 33 heavy (non-hydrogen) atoms. The van der Waals surface area contributed by atoms with Crippen molar-refractivity contribution in [3.8, 4) is 17.7 Å². The lowest BCUT2D eigenvalue weighted by atomic mass is 10.2. The Morgan fingerprint density at radius 3 is 2.39 bits per heavy atom. The first kappa shape index (κ1) is 23.4.